The second-order valence-corrected chi connectivity index (χ2v) is 3.48. The van der Waals surface area contributed by atoms with Crippen molar-refractivity contribution in [3.63, 3.8) is 0 Å². The van der Waals surface area contributed by atoms with Crippen LogP contribution in [0.25, 0.3) is 0 Å². The minimum absolute atomic E-state index is 0.172. The first-order chi connectivity index (χ1) is 5.61. The summed E-state index contributed by atoms with van der Waals surface area (Å²) in [5, 5.41) is 0. The van der Waals surface area contributed by atoms with Crippen LogP contribution >= 0.6 is 0 Å². The van der Waals surface area contributed by atoms with E-state index in [9.17, 15) is 4.79 Å². The van der Waals surface area contributed by atoms with Gasteiger partial charge in [-0.05, 0) is 19.3 Å². The summed E-state index contributed by atoms with van der Waals surface area (Å²) in [4.78, 5) is 13.2. The van der Waals surface area contributed by atoms with Crippen molar-refractivity contribution in [3.8, 4) is 0 Å². The summed E-state index contributed by atoms with van der Waals surface area (Å²) in [5.74, 6) is 0.720. The van der Waals surface area contributed by atoms with Gasteiger partial charge in [-0.1, -0.05) is 20.8 Å². The number of carbonyl (C=O) groups is 1. The van der Waals surface area contributed by atoms with E-state index < -0.39 is 0 Å². The minimum Gasteiger partial charge on any atom is -0.342 e. The first-order valence-electron chi connectivity index (χ1n) is 4.68. The molecule has 0 aliphatic carbocycles. The molecule has 1 amide bonds. The minimum atomic E-state index is 0.172. The van der Waals surface area contributed by atoms with Crippen LogP contribution in [-0.4, -0.2) is 23.9 Å². The monoisotopic (exact) mass is 170 g/mol. The van der Waals surface area contributed by atoms with Gasteiger partial charge < -0.3 is 4.90 Å². The maximum absolute atomic E-state index is 11.3. The SMILES string of the molecule is [CH2]CC(=O)N(CCC)CC(C)C. The van der Waals surface area contributed by atoms with Gasteiger partial charge in [-0.25, -0.2) is 0 Å². The van der Waals surface area contributed by atoms with Crippen molar-refractivity contribution in [2.75, 3.05) is 13.1 Å². The molecule has 0 rings (SSSR count). The van der Waals surface area contributed by atoms with Gasteiger partial charge in [0.1, 0.15) is 0 Å². The quantitative estimate of drug-likeness (QED) is 0.619. The van der Waals surface area contributed by atoms with Crippen LogP contribution in [0.5, 0.6) is 0 Å². The molecule has 0 N–H and O–H groups in total. The molecule has 0 aromatic heterocycles. The molecule has 0 heterocycles. The highest BCUT2D eigenvalue weighted by atomic mass is 16.2. The Morgan fingerprint density at radius 1 is 1.50 bits per heavy atom. The molecule has 71 valence electrons. The van der Waals surface area contributed by atoms with Gasteiger partial charge in [0.05, 0.1) is 0 Å². The van der Waals surface area contributed by atoms with Crippen molar-refractivity contribution in [1.82, 2.24) is 4.90 Å². The van der Waals surface area contributed by atoms with Crippen LogP contribution in [0.4, 0.5) is 0 Å². The predicted molar refractivity (Wildman–Crippen MR) is 51.7 cm³/mol. The van der Waals surface area contributed by atoms with Gasteiger partial charge in [0.2, 0.25) is 5.91 Å². The van der Waals surface area contributed by atoms with E-state index >= 15 is 0 Å². The second kappa shape index (κ2) is 6.04. The van der Waals surface area contributed by atoms with E-state index in [0.717, 1.165) is 19.5 Å². The summed E-state index contributed by atoms with van der Waals surface area (Å²) in [6.07, 6.45) is 1.41. The van der Waals surface area contributed by atoms with Crippen molar-refractivity contribution < 1.29 is 4.79 Å². The van der Waals surface area contributed by atoms with Crippen LogP contribution in [-0.2, 0) is 4.79 Å². The fraction of sp³-hybridized carbons (Fsp3) is 0.800. The third kappa shape index (κ3) is 4.37. The Morgan fingerprint density at radius 2 is 2.08 bits per heavy atom. The smallest absolute Gasteiger partial charge is 0.222 e. The number of hydrogen-bond acceptors (Lipinski definition) is 1. The zero-order valence-corrected chi connectivity index (χ0v) is 8.47. The number of carbonyl (C=O) groups excluding carboxylic acids is 1. The van der Waals surface area contributed by atoms with Crippen LogP contribution in [0.3, 0.4) is 0 Å². The average Bonchev–Trinajstić information content (AvgIpc) is 2.01. The summed E-state index contributed by atoms with van der Waals surface area (Å²) in [5.41, 5.74) is 0. The summed E-state index contributed by atoms with van der Waals surface area (Å²) in [6.45, 7) is 11.7. The van der Waals surface area contributed by atoms with Gasteiger partial charge in [-0.15, -0.1) is 0 Å². The van der Waals surface area contributed by atoms with E-state index in [1.54, 1.807) is 0 Å². The zero-order valence-electron chi connectivity index (χ0n) is 8.47. The van der Waals surface area contributed by atoms with Crippen LogP contribution in [0.15, 0.2) is 0 Å². The molecular weight excluding hydrogens is 150 g/mol. The topological polar surface area (TPSA) is 20.3 Å². The fourth-order valence-electron chi connectivity index (χ4n) is 1.19. The zero-order chi connectivity index (χ0) is 9.56. The molecule has 0 spiro atoms. The van der Waals surface area contributed by atoms with Gasteiger partial charge >= 0.3 is 0 Å². The Morgan fingerprint density at radius 3 is 2.42 bits per heavy atom. The lowest BCUT2D eigenvalue weighted by Crippen LogP contribution is -2.34. The van der Waals surface area contributed by atoms with E-state index in [4.69, 9.17) is 0 Å². The van der Waals surface area contributed by atoms with Crippen LogP contribution < -0.4 is 0 Å². The van der Waals surface area contributed by atoms with Crippen LogP contribution in [0.2, 0.25) is 0 Å². The third-order valence-corrected chi connectivity index (χ3v) is 1.65. The molecule has 0 fully saturated rings. The first kappa shape index (κ1) is 11.5. The maximum atomic E-state index is 11.3. The Labute approximate surface area is 75.9 Å². The van der Waals surface area contributed by atoms with Crippen molar-refractivity contribution >= 4 is 5.91 Å². The van der Waals surface area contributed by atoms with E-state index in [-0.39, 0.29) is 5.91 Å². The molecule has 2 heteroatoms. The second-order valence-electron chi connectivity index (χ2n) is 3.48. The van der Waals surface area contributed by atoms with Gasteiger partial charge in [-0.2, -0.15) is 0 Å². The molecule has 0 aliphatic rings. The van der Waals surface area contributed by atoms with Gasteiger partial charge in [0.15, 0.2) is 0 Å². The average molecular weight is 170 g/mol. The molecule has 0 aliphatic heterocycles. The largest absolute Gasteiger partial charge is 0.342 e. The lowest BCUT2D eigenvalue weighted by atomic mass is 10.2. The summed E-state index contributed by atoms with van der Waals surface area (Å²) in [6, 6.07) is 0. The highest BCUT2D eigenvalue weighted by molar-refractivity contribution is 5.76. The molecule has 12 heavy (non-hydrogen) atoms. The Balaban J connectivity index is 3.94. The highest BCUT2D eigenvalue weighted by Gasteiger charge is 2.10. The maximum Gasteiger partial charge on any atom is 0.222 e. The lowest BCUT2D eigenvalue weighted by molar-refractivity contribution is -0.130. The first-order valence-corrected chi connectivity index (χ1v) is 4.68. The Bertz CT molecular complexity index is 132. The Kier molecular flexibility index (Phi) is 5.77. The number of rotatable bonds is 5. The Hall–Kier alpha value is -0.530. The molecule has 0 aromatic rings. The lowest BCUT2D eigenvalue weighted by Gasteiger charge is -2.23. The van der Waals surface area contributed by atoms with Crippen LogP contribution in [0, 0.1) is 12.8 Å². The normalized spacial score (nSPS) is 10.4. The molecule has 0 saturated heterocycles. The van der Waals surface area contributed by atoms with Gasteiger partial charge in [-0.3, -0.25) is 4.79 Å². The molecule has 0 bridgehead atoms. The molecule has 1 radical (unpaired) electrons. The molecule has 2 nitrogen and oxygen atoms in total. The molecule has 0 atom stereocenters. The number of nitrogens with zero attached hydrogens (tertiary/aromatic N) is 1. The molecule has 0 saturated carbocycles. The third-order valence-electron chi connectivity index (χ3n) is 1.65. The van der Waals surface area contributed by atoms with Gasteiger partial charge in [0.25, 0.3) is 0 Å². The van der Waals surface area contributed by atoms with E-state index in [0.29, 0.717) is 12.3 Å². The summed E-state index contributed by atoms with van der Waals surface area (Å²) >= 11 is 0. The van der Waals surface area contributed by atoms with E-state index in [1.165, 1.54) is 0 Å². The predicted octanol–water partition coefficient (Wildman–Crippen LogP) is 2.11. The van der Waals surface area contributed by atoms with Crippen molar-refractivity contribution in [3.05, 3.63) is 6.92 Å². The summed E-state index contributed by atoms with van der Waals surface area (Å²) < 4.78 is 0. The number of hydrogen-bond donors (Lipinski definition) is 0. The standard InChI is InChI=1S/C10H20NO/c1-5-7-11(8-9(3)4)10(12)6-2/h9H,2,5-8H2,1,3-4H3. The fourth-order valence-corrected chi connectivity index (χ4v) is 1.19. The number of amides is 1. The van der Waals surface area contributed by atoms with Crippen molar-refractivity contribution in [2.45, 2.75) is 33.6 Å². The molecule has 0 aromatic carbocycles. The molecule has 0 unspecified atom stereocenters. The van der Waals surface area contributed by atoms with Gasteiger partial charge in [0, 0.05) is 19.5 Å². The van der Waals surface area contributed by atoms with Crippen LogP contribution in [0.1, 0.15) is 33.6 Å². The van der Waals surface area contributed by atoms with E-state index in [1.807, 2.05) is 4.90 Å². The van der Waals surface area contributed by atoms with E-state index in [2.05, 4.69) is 27.7 Å². The molecular formula is C10H20NO. The summed E-state index contributed by atoms with van der Waals surface area (Å²) in [7, 11) is 0. The van der Waals surface area contributed by atoms with Crippen molar-refractivity contribution in [1.29, 1.82) is 0 Å². The highest BCUT2D eigenvalue weighted by Crippen LogP contribution is 2.01. The van der Waals surface area contributed by atoms with Crippen molar-refractivity contribution in [2.24, 2.45) is 5.92 Å².